The zero-order chi connectivity index (χ0) is 11.1. The van der Waals surface area contributed by atoms with Gasteiger partial charge in [-0.3, -0.25) is 0 Å². The first-order chi connectivity index (χ1) is 7.24. The molecule has 0 saturated heterocycles. The number of ether oxygens (including phenoxy) is 1. The quantitative estimate of drug-likeness (QED) is 0.778. The molecule has 1 rings (SSSR count). The Hall–Kier alpha value is -0.860. The molecule has 2 heteroatoms. The Morgan fingerprint density at radius 1 is 1.27 bits per heavy atom. The van der Waals surface area contributed by atoms with Crippen molar-refractivity contribution in [1.82, 2.24) is 0 Å². The fraction of sp³-hybridized carbons (Fsp3) is 0.538. The minimum atomic E-state index is -0.361. The van der Waals surface area contributed by atoms with Gasteiger partial charge in [-0.25, -0.2) is 0 Å². The lowest BCUT2D eigenvalue weighted by Gasteiger charge is -2.16. The van der Waals surface area contributed by atoms with Gasteiger partial charge in [-0.15, -0.1) is 0 Å². The molecular weight excluding hydrogens is 188 g/mol. The van der Waals surface area contributed by atoms with Gasteiger partial charge >= 0.3 is 0 Å². The van der Waals surface area contributed by atoms with Crippen molar-refractivity contribution in [2.75, 3.05) is 13.2 Å². The van der Waals surface area contributed by atoms with Crippen molar-refractivity contribution in [2.45, 2.75) is 32.3 Å². The van der Waals surface area contributed by atoms with Crippen molar-refractivity contribution in [3.05, 3.63) is 35.9 Å². The second kappa shape index (κ2) is 6.59. The second-order valence-electron chi connectivity index (χ2n) is 3.86. The van der Waals surface area contributed by atoms with Crippen LogP contribution >= 0.6 is 0 Å². The van der Waals surface area contributed by atoms with Crippen molar-refractivity contribution >= 4 is 0 Å². The van der Waals surface area contributed by atoms with E-state index in [-0.39, 0.29) is 6.10 Å². The van der Waals surface area contributed by atoms with Gasteiger partial charge < -0.3 is 9.84 Å². The zero-order valence-electron chi connectivity index (χ0n) is 9.52. The zero-order valence-corrected chi connectivity index (χ0v) is 9.52. The highest BCUT2D eigenvalue weighted by Gasteiger charge is 2.11. The molecule has 0 spiro atoms. The average molecular weight is 208 g/mol. The topological polar surface area (TPSA) is 29.5 Å². The molecule has 0 aliphatic heterocycles. The van der Waals surface area contributed by atoms with Gasteiger partial charge in [0.05, 0.1) is 12.7 Å². The summed E-state index contributed by atoms with van der Waals surface area (Å²) >= 11 is 0. The van der Waals surface area contributed by atoms with Gasteiger partial charge in [-0.1, -0.05) is 37.3 Å². The molecule has 1 aromatic rings. The van der Waals surface area contributed by atoms with E-state index in [1.165, 1.54) is 5.56 Å². The van der Waals surface area contributed by atoms with Gasteiger partial charge in [-0.2, -0.15) is 0 Å². The smallest absolute Gasteiger partial charge is 0.0779 e. The molecule has 0 fully saturated rings. The fourth-order valence-electron chi connectivity index (χ4n) is 1.65. The summed E-state index contributed by atoms with van der Waals surface area (Å²) < 4.78 is 5.18. The molecule has 0 radical (unpaired) electrons. The highest BCUT2D eigenvalue weighted by Crippen LogP contribution is 2.20. The Morgan fingerprint density at radius 3 is 2.53 bits per heavy atom. The fourth-order valence-corrected chi connectivity index (χ4v) is 1.65. The molecule has 84 valence electrons. The van der Waals surface area contributed by atoms with Crippen molar-refractivity contribution in [2.24, 2.45) is 0 Å². The standard InChI is InChI=1S/C13H20O2/c1-3-15-10-13(14)9-11(2)12-7-5-4-6-8-12/h4-8,11,13-14H,3,9-10H2,1-2H3. The van der Waals surface area contributed by atoms with E-state index >= 15 is 0 Å². The Morgan fingerprint density at radius 2 is 1.93 bits per heavy atom. The highest BCUT2D eigenvalue weighted by molar-refractivity contribution is 5.18. The normalized spacial score (nSPS) is 14.9. The van der Waals surface area contributed by atoms with Crippen molar-refractivity contribution in [1.29, 1.82) is 0 Å². The van der Waals surface area contributed by atoms with E-state index < -0.39 is 0 Å². The van der Waals surface area contributed by atoms with E-state index in [9.17, 15) is 5.11 Å². The first-order valence-corrected chi connectivity index (χ1v) is 5.54. The monoisotopic (exact) mass is 208 g/mol. The van der Waals surface area contributed by atoms with Crippen LogP contribution in [0.4, 0.5) is 0 Å². The third-order valence-corrected chi connectivity index (χ3v) is 2.51. The highest BCUT2D eigenvalue weighted by atomic mass is 16.5. The van der Waals surface area contributed by atoms with Crippen LogP contribution < -0.4 is 0 Å². The maximum absolute atomic E-state index is 9.69. The predicted molar refractivity (Wildman–Crippen MR) is 62.0 cm³/mol. The first-order valence-electron chi connectivity index (χ1n) is 5.54. The predicted octanol–water partition coefficient (Wildman–Crippen LogP) is 2.58. The van der Waals surface area contributed by atoms with E-state index in [2.05, 4.69) is 19.1 Å². The van der Waals surface area contributed by atoms with Gasteiger partial charge in [-0.05, 0) is 24.8 Å². The minimum Gasteiger partial charge on any atom is -0.391 e. The molecule has 0 saturated carbocycles. The minimum absolute atomic E-state index is 0.361. The molecule has 0 amide bonds. The molecule has 0 aliphatic carbocycles. The summed E-state index contributed by atoms with van der Waals surface area (Å²) in [6, 6.07) is 10.3. The van der Waals surface area contributed by atoms with Crippen LogP contribution in [0.5, 0.6) is 0 Å². The van der Waals surface area contributed by atoms with E-state index in [4.69, 9.17) is 4.74 Å². The largest absolute Gasteiger partial charge is 0.391 e. The summed E-state index contributed by atoms with van der Waals surface area (Å²) in [4.78, 5) is 0. The van der Waals surface area contributed by atoms with Crippen LogP contribution in [0.2, 0.25) is 0 Å². The van der Waals surface area contributed by atoms with Gasteiger partial charge in [0.1, 0.15) is 0 Å². The number of benzene rings is 1. The van der Waals surface area contributed by atoms with Crippen LogP contribution in [0.15, 0.2) is 30.3 Å². The number of hydrogen-bond acceptors (Lipinski definition) is 2. The summed E-state index contributed by atoms with van der Waals surface area (Å²) in [6.45, 7) is 5.17. The van der Waals surface area contributed by atoms with Crippen LogP contribution in [-0.4, -0.2) is 24.4 Å². The molecule has 1 aromatic carbocycles. The molecule has 0 heterocycles. The summed E-state index contributed by atoms with van der Waals surface area (Å²) in [6.07, 6.45) is 0.393. The first kappa shape index (κ1) is 12.2. The van der Waals surface area contributed by atoms with Crippen LogP contribution in [0.1, 0.15) is 31.7 Å². The molecule has 0 aliphatic rings. The summed E-state index contributed by atoms with van der Waals surface area (Å²) in [5, 5.41) is 9.69. The third-order valence-electron chi connectivity index (χ3n) is 2.51. The number of hydrogen-bond donors (Lipinski definition) is 1. The average Bonchev–Trinajstić information content (AvgIpc) is 2.27. The molecular formula is C13H20O2. The van der Waals surface area contributed by atoms with Gasteiger partial charge in [0.15, 0.2) is 0 Å². The molecule has 2 atom stereocenters. The summed E-state index contributed by atoms with van der Waals surface area (Å²) in [7, 11) is 0. The van der Waals surface area contributed by atoms with E-state index in [0.717, 1.165) is 6.42 Å². The maximum atomic E-state index is 9.69. The molecule has 2 nitrogen and oxygen atoms in total. The van der Waals surface area contributed by atoms with Crippen LogP contribution in [-0.2, 0) is 4.74 Å². The molecule has 2 unspecified atom stereocenters. The van der Waals surface area contributed by atoms with E-state index in [0.29, 0.717) is 19.1 Å². The van der Waals surface area contributed by atoms with Crippen molar-refractivity contribution in [3.63, 3.8) is 0 Å². The van der Waals surface area contributed by atoms with Crippen molar-refractivity contribution < 1.29 is 9.84 Å². The van der Waals surface area contributed by atoms with Gasteiger partial charge in [0, 0.05) is 6.61 Å². The molecule has 0 aromatic heterocycles. The summed E-state index contributed by atoms with van der Waals surface area (Å²) in [5.41, 5.74) is 1.27. The Balaban J connectivity index is 2.38. The van der Waals surface area contributed by atoms with E-state index in [1.807, 2.05) is 25.1 Å². The van der Waals surface area contributed by atoms with Gasteiger partial charge in [0.2, 0.25) is 0 Å². The molecule has 1 N–H and O–H groups in total. The Kier molecular flexibility index (Phi) is 5.37. The van der Waals surface area contributed by atoms with E-state index in [1.54, 1.807) is 0 Å². The number of aliphatic hydroxyl groups excluding tert-OH is 1. The SMILES string of the molecule is CCOCC(O)CC(C)c1ccccc1. The van der Waals surface area contributed by atoms with Crippen LogP contribution in [0, 0.1) is 0 Å². The lowest BCUT2D eigenvalue weighted by atomic mass is 9.95. The lowest BCUT2D eigenvalue weighted by Crippen LogP contribution is -2.17. The third kappa shape index (κ3) is 4.45. The summed E-state index contributed by atoms with van der Waals surface area (Å²) in [5.74, 6) is 0.377. The Labute approximate surface area is 91.9 Å². The number of aliphatic hydroxyl groups is 1. The lowest BCUT2D eigenvalue weighted by molar-refractivity contribution is 0.0351. The Bertz CT molecular complexity index is 258. The number of rotatable bonds is 6. The van der Waals surface area contributed by atoms with Crippen molar-refractivity contribution in [3.8, 4) is 0 Å². The molecule has 0 bridgehead atoms. The second-order valence-corrected chi connectivity index (χ2v) is 3.86. The molecule has 15 heavy (non-hydrogen) atoms. The maximum Gasteiger partial charge on any atom is 0.0779 e. The van der Waals surface area contributed by atoms with Crippen LogP contribution in [0.3, 0.4) is 0 Å². The van der Waals surface area contributed by atoms with Gasteiger partial charge in [0.25, 0.3) is 0 Å². The van der Waals surface area contributed by atoms with Crippen LogP contribution in [0.25, 0.3) is 0 Å².